The SMILES string of the molecule is CCNc1nc(C)nc(Sc2ccccc2)c1C. The van der Waals surface area contributed by atoms with Crippen LogP contribution in [0.1, 0.15) is 18.3 Å². The molecule has 0 fully saturated rings. The molecule has 0 spiro atoms. The minimum atomic E-state index is 0.801. The second kappa shape index (κ2) is 5.87. The zero-order valence-electron chi connectivity index (χ0n) is 10.9. The Morgan fingerprint density at radius 2 is 1.83 bits per heavy atom. The lowest BCUT2D eigenvalue weighted by atomic mass is 10.3. The van der Waals surface area contributed by atoms with Crippen LogP contribution in [0.15, 0.2) is 40.3 Å². The zero-order chi connectivity index (χ0) is 13.0. The van der Waals surface area contributed by atoms with Gasteiger partial charge in [-0.15, -0.1) is 0 Å². The molecule has 0 saturated heterocycles. The summed E-state index contributed by atoms with van der Waals surface area (Å²) in [5.41, 5.74) is 1.11. The molecular formula is C14H17N3S. The van der Waals surface area contributed by atoms with E-state index in [0.29, 0.717) is 0 Å². The van der Waals surface area contributed by atoms with E-state index < -0.39 is 0 Å². The van der Waals surface area contributed by atoms with E-state index in [2.05, 4.69) is 41.3 Å². The summed E-state index contributed by atoms with van der Waals surface area (Å²) in [5, 5.41) is 4.30. The Labute approximate surface area is 112 Å². The van der Waals surface area contributed by atoms with E-state index in [4.69, 9.17) is 0 Å². The third-order valence-corrected chi connectivity index (χ3v) is 3.61. The summed E-state index contributed by atoms with van der Waals surface area (Å²) < 4.78 is 0. The predicted octanol–water partition coefficient (Wildman–Crippen LogP) is 3.68. The van der Waals surface area contributed by atoms with E-state index in [1.54, 1.807) is 11.8 Å². The molecule has 18 heavy (non-hydrogen) atoms. The normalized spacial score (nSPS) is 10.4. The summed E-state index contributed by atoms with van der Waals surface area (Å²) in [6, 6.07) is 10.3. The Morgan fingerprint density at radius 3 is 2.50 bits per heavy atom. The first-order valence-electron chi connectivity index (χ1n) is 6.02. The van der Waals surface area contributed by atoms with Crippen LogP contribution in [0.3, 0.4) is 0 Å². The summed E-state index contributed by atoms with van der Waals surface area (Å²) in [7, 11) is 0. The lowest BCUT2D eigenvalue weighted by Crippen LogP contribution is -2.05. The second-order valence-electron chi connectivity index (χ2n) is 4.00. The Morgan fingerprint density at radius 1 is 1.11 bits per heavy atom. The monoisotopic (exact) mass is 259 g/mol. The highest BCUT2D eigenvalue weighted by Gasteiger charge is 2.09. The third kappa shape index (κ3) is 3.01. The molecule has 3 nitrogen and oxygen atoms in total. The van der Waals surface area contributed by atoms with Gasteiger partial charge in [0, 0.05) is 17.0 Å². The first-order valence-corrected chi connectivity index (χ1v) is 6.84. The van der Waals surface area contributed by atoms with Crippen LogP contribution in [-0.2, 0) is 0 Å². The molecule has 1 aromatic carbocycles. The first-order chi connectivity index (χ1) is 8.70. The summed E-state index contributed by atoms with van der Waals surface area (Å²) in [5.74, 6) is 1.73. The molecule has 1 N–H and O–H groups in total. The molecule has 0 amide bonds. The number of anilines is 1. The van der Waals surface area contributed by atoms with Gasteiger partial charge in [0.1, 0.15) is 16.7 Å². The number of benzene rings is 1. The third-order valence-electron chi connectivity index (χ3n) is 2.51. The minimum absolute atomic E-state index is 0.801. The van der Waals surface area contributed by atoms with Crippen LogP contribution in [0.4, 0.5) is 5.82 Å². The number of rotatable bonds is 4. The number of nitrogens with one attached hydrogen (secondary N) is 1. The van der Waals surface area contributed by atoms with Crippen LogP contribution in [0.5, 0.6) is 0 Å². The molecule has 0 unspecified atom stereocenters. The van der Waals surface area contributed by atoms with E-state index in [9.17, 15) is 0 Å². The van der Waals surface area contributed by atoms with Crippen molar-refractivity contribution < 1.29 is 0 Å². The average Bonchev–Trinajstić information content (AvgIpc) is 2.36. The molecule has 0 saturated carbocycles. The van der Waals surface area contributed by atoms with E-state index in [0.717, 1.165) is 28.8 Å². The Kier molecular flexibility index (Phi) is 4.20. The predicted molar refractivity (Wildman–Crippen MR) is 76.2 cm³/mol. The molecule has 0 bridgehead atoms. The van der Waals surface area contributed by atoms with E-state index in [1.165, 1.54) is 4.90 Å². The van der Waals surface area contributed by atoms with Crippen LogP contribution in [0.2, 0.25) is 0 Å². The number of aryl methyl sites for hydroxylation is 1. The van der Waals surface area contributed by atoms with Gasteiger partial charge in [-0.1, -0.05) is 30.0 Å². The molecule has 0 aliphatic rings. The second-order valence-corrected chi connectivity index (χ2v) is 5.06. The summed E-state index contributed by atoms with van der Waals surface area (Å²) in [4.78, 5) is 10.1. The maximum Gasteiger partial charge on any atom is 0.133 e. The maximum absolute atomic E-state index is 4.52. The molecule has 0 radical (unpaired) electrons. The lowest BCUT2D eigenvalue weighted by Gasteiger charge is -2.11. The zero-order valence-corrected chi connectivity index (χ0v) is 11.7. The van der Waals surface area contributed by atoms with Crippen molar-refractivity contribution in [3.63, 3.8) is 0 Å². The molecule has 4 heteroatoms. The molecule has 2 aromatic rings. The van der Waals surface area contributed by atoms with Gasteiger partial charge in [0.15, 0.2) is 0 Å². The van der Waals surface area contributed by atoms with E-state index in [-0.39, 0.29) is 0 Å². The maximum atomic E-state index is 4.52. The summed E-state index contributed by atoms with van der Waals surface area (Å²) >= 11 is 1.68. The van der Waals surface area contributed by atoms with Crippen LogP contribution >= 0.6 is 11.8 Å². The standard InChI is InChI=1S/C14H17N3S/c1-4-15-13-10(2)14(17-11(3)16-13)18-12-8-6-5-7-9-12/h5-9H,4H2,1-3H3,(H,15,16,17). The van der Waals surface area contributed by atoms with Crippen molar-refractivity contribution in [3.8, 4) is 0 Å². The van der Waals surface area contributed by atoms with Crippen LogP contribution in [0, 0.1) is 13.8 Å². The minimum Gasteiger partial charge on any atom is -0.370 e. The highest BCUT2D eigenvalue weighted by Crippen LogP contribution is 2.30. The molecule has 94 valence electrons. The fourth-order valence-electron chi connectivity index (χ4n) is 1.64. The highest BCUT2D eigenvalue weighted by molar-refractivity contribution is 7.99. The van der Waals surface area contributed by atoms with Crippen molar-refractivity contribution in [2.75, 3.05) is 11.9 Å². The van der Waals surface area contributed by atoms with Gasteiger partial charge < -0.3 is 5.32 Å². The van der Waals surface area contributed by atoms with Gasteiger partial charge in [-0.2, -0.15) is 0 Å². The van der Waals surface area contributed by atoms with Crippen molar-refractivity contribution in [3.05, 3.63) is 41.7 Å². The molecule has 2 rings (SSSR count). The Hall–Kier alpha value is -1.55. The molecular weight excluding hydrogens is 242 g/mol. The number of aromatic nitrogens is 2. The van der Waals surface area contributed by atoms with Gasteiger partial charge in [-0.25, -0.2) is 9.97 Å². The van der Waals surface area contributed by atoms with Gasteiger partial charge >= 0.3 is 0 Å². The van der Waals surface area contributed by atoms with Crippen molar-refractivity contribution in [1.29, 1.82) is 0 Å². The lowest BCUT2D eigenvalue weighted by molar-refractivity contribution is 0.932. The highest BCUT2D eigenvalue weighted by atomic mass is 32.2. The van der Waals surface area contributed by atoms with Crippen LogP contribution in [-0.4, -0.2) is 16.5 Å². The fraction of sp³-hybridized carbons (Fsp3) is 0.286. The molecule has 0 aliphatic heterocycles. The van der Waals surface area contributed by atoms with E-state index >= 15 is 0 Å². The number of nitrogens with zero attached hydrogens (tertiary/aromatic N) is 2. The van der Waals surface area contributed by atoms with Crippen molar-refractivity contribution in [1.82, 2.24) is 9.97 Å². The largest absolute Gasteiger partial charge is 0.370 e. The van der Waals surface area contributed by atoms with Crippen molar-refractivity contribution >= 4 is 17.6 Å². The summed E-state index contributed by atoms with van der Waals surface area (Å²) in [6.07, 6.45) is 0. The van der Waals surface area contributed by atoms with Crippen LogP contribution in [0.25, 0.3) is 0 Å². The number of hydrogen-bond acceptors (Lipinski definition) is 4. The Balaban J connectivity index is 2.33. The molecule has 1 heterocycles. The number of hydrogen-bond donors (Lipinski definition) is 1. The first kappa shape index (κ1) is 12.9. The molecule has 0 atom stereocenters. The smallest absolute Gasteiger partial charge is 0.133 e. The average molecular weight is 259 g/mol. The molecule has 1 aromatic heterocycles. The molecule has 0 aliphatic carbocycles. The van der Waals surface area contributed by atoms with Gasteiger partial charge in [0.05, 0.1) is 0 Å². The van der Waals surface area contributed by atoms with Crippen LogP contribution < -0.4 is 5.32 Å². The quantitative estimate of drug-likeness (QED) is 0.850. The van der Waals surface area contributed by atoms with Gasteiger partial charge in [-0.05, 0) is 32.9 Å². The van der Waals surface area contributed by atoms with Gasteiger partial charge in [-0.3, -0.25) is 0 Å². The van der Waals surface area contributed by atoms with Crippen molar-refractivity contribution in [2.24, 2.45) is 0 Å². The topological polar surface area (TPSA) is 37.8 Å². The Bertz CT molecular complexity index is 526. The fourth-order valence-corrected chi connectivity index (χ4v) is 2.59. The van der Waals surface area contributed by atoms with Crippen molar-refractivity contribution in [2.45, 2.75) is 30.7 Å². The van der Waals surface area contributed by atoms with Gasteiger partial charge in [0.2, 0.25) is 0 Å². The van der Waals surface area contributed by atoms with Gasteiger partial charge in [0.25, 0.3) is 0 Å². The summed E-state index contributed by atoms with van der Waals surface area (Å²) in [6.45, 7) is 6.92. The van der Waals surface area contributed by atoms with E-state index in [1.807, 2.05) is 25.1 Å².